The normalized spacial score (nSPS) is 21.0. The molecule has 0 saturated carbocycles. The molecular formula is C15H23N3O4. The van der Waals surface area contributed by atoms with Crippen LogP contribution in [0.2, 0.25) is 0 Å². The number of piperazine rings is 1. The first kappa shape index (κ1) is 16.5. The van der Waals surface area contributed by atoms with E-state index in [1.54, 1.807) is 6.20 Å². The summed E-state index contributed by atoms with van der Waals surface area (Å²) in [5, 5.41) is 6.89. The van der Waals surface area contributed by atoms with Gasteiger partial charge in [-0.2, -0.15) is 0 Å². The van der Waals surface area contributed by atoms with Crippen molar-refractivity contribution in [3.63, 3.8) is 0 Å². The molecule has 2 aliphatic heterocycles. The van der Waals surface area contributed by atoms with Gasteiger partial charge in [0, 0.05) is 44.6 Å². The van der Waals surface area contributed by atoms with E-state index in [4.69, 9.17) is 14.6 Å². The van der Waals surface area contributed by atoms with Gasteiger partial charge in [-0.15, -0.1) is 0 Å². The Balaban J connectivity index is 0.000000545. The number of hydrogen-bond donors (Lipinski definition) is 2. The molecule has 0 bridgehead atoms. The van der Waals surface area contributed by atoms with Gasteiger partial charge in [0.25, 0.3) is 12.4 Å². The van der Waals surface area contributed by atoms with Gasteiger partial charge in [0.2, 0.25) is 0 Å². The molecule has 1 spiro atoms. The fraction of sp³-hybridized carbons (Fsp3) is 0.600. The molecule has 2 N–H and O–H groups in total. The standard InChI is InChI=1S/C14H21N3O2.CH2O2/c1-16-7-8-17(13(18)12-3-2-6-15-12)11-14(16)4-9-19-10-5-14;2-1-3/h2-3,6,15H,4-5,7-11H2,1H3;1H,(H,2,3). The zero-order chi connectivity index (χ0) is 16.0. The second-order valence-electron chi connectivity index (χ2n) is 5.67. The summed E-state index contributed by atoms with van der Waals surface area (Å²) in [7, 11) is 2.17. The molecule has 122 valence electrons. The third kappa shape index (κ3) is 3.48. The van der Waals surface area contributed by atoms with Crippen molar-refractivity contribution >= 4 is 12.4 Å². The summed E-state index contributed by atoms with van der Waals surface area (Å²) in [4.78, 5) is 28.2. The van der Waals surface area contributed by atoms with Crippen molar-refractivity contribution in [3.05, 3.63) is 24.0 Å². The van der Waals surface area contributed by atoms with Crippen molar-refractivity contribution in [2.24, 2.45) is 0 Å². The number of carbonyl (C=O) groups excluding carboxylic acids is 1. The molecule has 7 nitrogen and oxygen atoms in total. The van der Waals surface area contributed by atoms with Gasteiger partial charge in [0.1, 0.15) is 5.69 Å². The largest absolute Gasteiger partial charge is 0.483 e. The number of ether oxygens (including phenoxy) is 1. The fourth-order valence-electron chi connectivity index (χ4n) is 3.16. The Morgan fingerprint density at radius 3 is 2.68 bits per heavy atom. The maximum absolute atomic E-state index is 12.4. The minimum Gasteiger partial charge on any atom is -0.483 e. The highest BCUT2D eigenvalue weighted by Crippen LogP contribution is 2.31. The van der Waals surface area contributed by atoms with E-state index in [1.807, 2.05) is 17.0 Å². The van der Waals surface area contributed by atoms with Crippen LogP contribution in [0.3, 0.4) is 0 Å². The van der Waals surface area contributed by atoms with Gasteiger partial charge in [-0.25, -0.2) is 0 Å². The second-order valence-corrected chi connectivity index (χ2v) is 5.67. The zero-order valence-electron chi connectivity index (χ0n) is 12.8. The molecule has 0 aliphatic carbocycles. The molecule has 0 atom stereocenters. The Morgan fingerprint density at radius 1 is 1.41 bits per heavy atom. The number of hydrogen-bond acceptors (Lipinski definition) is 4. The first-order valence-electron chi connectivity index (χ1n) is 7.42. The van der Waals surface area contributed by atoms with Crippen molar-refractivity contribution < 1.29 is 19.4 Å². The van der Waals surface area contributed by atoms with Crippen molar-refractivity contribution in [2.45, 2.75) is 18.4 Å². The van der Waals surface area contributed by atoms with Crippen LogP contribution >= 0.6 is 0 Å². The smallest absolute Gasteiger partial charge is 0.290 e. The number of H-pyrrole nitrogens is 1. The third-order valence-electron chi connectivity index (χ3n) is 4.54. The lowest BCUT2D eigenvalue weighted by Gasteiger charge is -2.51. The van der Waals surface area contributed by atoms with E-state index in [2.05, 4.69) is 16.9 Å². The highest BCUT2D eigenvalue weighted by Gasteiger charge is 2.42. The molecule has 3 rings (SSSR count). The molecule has 7 heteroatoms. The lowest BCUT2D eigenvalue weighted by Crippen LogP contribution is -2.63. The Hall–Kier alpha value is -1.86. The minimum absolute atomic E-state index is 0.110. The highest BCUT2D eigenvalue weighted by molar-refractivity contribution is 5.92. The number of carboxylic acid groups (broad SMARTS) is 1. The van der Waals surface area contributed by atoms with E-state index in [-0.39, 0.29) is 17.9 Å². The zero-order valence-corrected chi connectivity index (χ0v) is 12.8. The second kappa shape index (κ2) is 7.42. The van der Waals surface area contributed by atoms with Crippen molar-refractivity contribution in [3.8, 4) is 0 Å². The molecule has 0 aromatic carbocycles. The molecule has 3 heterocycles. The highest BCUT2D eigenvalue weighted by atomic mass is 16.5. The van der Waals surface area contributed by atoms with E-state index in [0.29, 0.717) is 5.69 Å². The van der Waals surface area contributed by atoms with E-state index in [1.165, 1.54) is 0 Å². The lowest BCUT2D eigenvalue weighted by atomic mass is 9.86. The van der Waals surface area contributed by atoms with Crippen LogP contribution < -0.4 is 0 Å². The van der Waals surface area contributed by atoms with Gasteiger partial charge in [-0.05, 0) is 32.0 Å². The summed E-state index contributed by atoms with van der Waals surface area (Å²) in [5.74, 6) is 0.115. The Bertz CT molecular complexity index is 483. The number of carbonyl (C=O) groups is 2. The van der Waals surface area contributed by atoms with Gasteiger partial charge in [0.05, 0.1) is 0 Å². The van der Waals surface area contributed by atoms with Crippen LogP contribution in [0.25, 0.3) is 0 Å². The van der Waals surface area contributed by atoms with Crippen LogP contribution in [0.15, 0.2) is 18.3 Å². The number of nitrogens with zero attached hydrogens (tertiary/aromatic N) is 2. The number of amides is 1. The number of rotatable bonds is 1. The Labute approximate surface area is 129 Å². The van der Waals surface area contributed by atoms with Crippen LogP contribution in [0.1, 0.15) is 23.3 Å². The molecular weight excluding hydrogens is 286 g/mol. The Kier molecular flexibility index (Phi) is 5.57. The van der Waals surface area contributed by atoms with E-state index < -0.39 is 0 Å². The lowest BCUT2D eigenvalue weighted by molar-refractivity contribution is -0.122. The molecule has 0 unspecified atom stereocenters. The summed E-state index contributed by atoms with van der Waals surface area (Å²) in [6.45, 7) is 3.90. The predicted molar refractivity (Wildman–Crippen MR) is 80.8 cm³/mol. The average Bonchev–Trinajstić information content (AvgIpc) is 3.06. The molecule has 2 aliphatic rings. The van der Waals surface area contributed by atoms with Gasteiger partial charge >= 0.3 is 0 Å². The van der Waals surface area contributed by atoms with Gasteiger partial charge in [-0.1, -0.05) is 0 Å². The molecule has 0 radical (unpaired) electrons. The van der Waals surface area contributed by atoms with E-state index >= 15 is 0 Å². The van der Waals surface area contributed by atoms with Crippen molar-refractivity contribution in [1.29, 1.82) is 0 Å². The van der Waals surface area contributed by atoms with Gasteiger partial charge in [-0.3, -0.25) is 14.5 Å². The van der Waals surface area contributed by atoms with Crippen molar-refractivity contribution in [2.75, 3.05) is 39.9 Å². The SMILES string of the molecule is CN1CCN(C(=O)c2ccc[nH]2)CC12CCOCC2.O=CO. The Morgan fingerprint density at radius 2 is 2.09 bits per heavy atom. The van der Waals surface area contributed by atoms with Gasteiger partial charge in [0.15, 0.2) is 0 Å². The summed E-state index contributed by atoms with van der Waals surface area (Å²) in [5.41, 5.74) is 0.797. The first-order chi connectivity index (χ1) is 10.6. The third-order valence-corrected chi connectivity index (χ3v) is 4.54. The maximum atomic E-state index is 12.4. The minimum atomic E-state index is -0.250. The first-order valence-corrected chi connectivity index (χ1v) is 7.42. The molecule has 1 amide bonds. The number of aromatic amines is 1. The van der Waals surface area contributed by atoms with E-state index in [0.717, 1.165) is 45.7 Å². The number of likely N-dealkylation sites (N-methyl/N-ethyl adjacent to an activating group) is 1. The summed E-state index contributed by atoms with van der Waals surface area (Å²) < 4.78 is 5.48. The van der Waals surface area contributed by atoms with Crippen LogP contribution in [-0.2, 0) is 9.53 Å². The summed E-state index contributed by atoms with van der Waals surface area (Å²) in [6, 6.07) is 3.71. The van der Waals surface area contributed by atoms with Crippen LogP contribution in [-0.4, -0.2) is 77.7 Å². The maximum Gasteiger partial charge on any atom is 0.290 e. The number of aromatic nitrogens is 1. The van der Waals surface area contributed by atoms with E-state index in [9.17, 15) is 4.79 Å². The monoisotopic (exact) mass is 309 g/mol. The predicted octanol–water partition coefficient (Wildman–Crippen LogP) is 0.652. The van der Waals surface area contributed by atoms with Crippen LogP contribution in [0, 0.1) is 0 Å². The quantitative estimate of drug-likeness (QED) is 0.744. The summed E-state index contributed by atoms with van der Waals surface area (Å²) >= 11 is 0. The number of nitrogens with one attached hydrogen (secondary N) is 1. The van der Waals surface area contributed by atoms with Crippen LogP contribution in [0.4, 0.5) is 0 Å². The van der Waals surface area contributed by atoms with Gasteiger partial charge < -0.3 is 19.7 Å². The molecule has 22 heavy (non-hydrogen) atoms. The molecule has 1 aromatic rings. The molecule has 2 saturated heterocycles. The van der Waals surface area contributed by atoms with Crippen molar-refractivity contribution in [1.82, 2.24) is 14.8 Å². The molecule has 1 aromatic heterocycles. The average molecular weight is 309 g/mol. The topological polar surface area (TPSA) is 85.9 Å². The molecule has 2 fully saturated rings. The fourth-order valence-corrected chi connectivity index (χ4v) is 3.16. The summed E-state index contributed by atoms with van der Waals surface area (Å²) in [6.07, 6.45) is 3.82. The van der Waals surface area contributed by atoms with Crippen LogP contribution in [0.5, 0.6) is 0 Å².